The summed E-state index contributed by atoms with van der Waals surface area (Å²) >= 11 is 1.29. The van der Waals surface area contributed by atoms with E-state index in [0.717, 1.165) is 0 Å². The molecule has 2 aliphatic heterocycles. The van der Waals surface area contributed by atoms with E-state index < -0.39 is 36.2 Å². The van der Waals surface area contributed by atoms with Gasteiger partial charge >= 0.3 is 11.9 Å². The minimum absolute atomic E-state index is 0.0643. The first-order chi connectivity index (χ1) is 14.8. The molecule has 3 unspecified atom stereocenters. The molecule has 0 saturated carbocycles. The Labute approximate surface area is 190 Å². The molecule has 3 rings (SSSR count). The fourth-order valence-electron chi connectivity index (χ4n) is 3.77. The molecule has 0 aromatic carbocycles. The smallest absolute Gasteiger partial charge is 0.358 e. The number of hydrogen-bond donors (Lipinski definition) is 1. The van der Waals surface area contributed by atoms with Crippen LogP contribution in [0.5, 0.6) is 0 Å². The van der Waals surface area contributed by atoms with Gasteiger partial charge in [0.15, 0.2) is 0 Å². The van der Waals surface area contributed by atoms with Crippen LogP contribution >= 0.6 is 11.3 Å². The molecule has 1 N–H and O–H groups in total. The molecule has 3 heterocycles. The van der Waals surface area contributed by atoms with Crippen molar-refractivity contribution < 1.29 is 33.8 Å². The number of ether oxygens (including phenoxy) is 2. The van der Waals surface area contributed by atoms with E-state index in [1.165, 1.54) is 21.1 Å². The zero-order valence-corrected chi connectivity index (χ0v) is 19.8. The molecule has 1 aromatic rings. The molecule has 2 amide bonds. The number of hydrogen-bond acceptors (Lipinski definition) is 8. The van der Waals surface area contributed by atoms with Gasteiger partial charge in [0.05, 0.1) is 29.0 Å². The number of β-lactam (4-membered cyclic amide) rings is 1. The van der Waals surface area contributed by atoms with Crippen LogP contribution in [0.2, 0.25) is 0 Å². The third kappa shape index (κ3) is 4.29. The van der Waals surface area contributed by atoms with Crippen LogP contribution in [0.1, 0.15) is 49.4 Å². The first-order valence-electron chi connectivity index (χ1n) is 10.2. The predicted molar refractivity (Wildman–Crippen MR) is 116 cm³/mol. The van der Waals surface area contributed by atoms with Gasteiger partial charge in [-0.15, -0.1) is 11.3 Å². The van der Waals surface area contributed by atoms with Crippen molar-refractivity contribution in [3.05, 3.63) is 27.6 Å². The number of carbonyl (C=O) groups excluding carboxylic acids is 4. The topological polar surface area (TPSA) is 113 Å². The van der Waals surface area contributed by atoms with Gasteiger partial charge in [-0.2, -0.15) is 0 Å². The summed E-state index contributed by atoms with van der Waals surface area (Å²) in [5.74, 6) is -2.47. The molecule has 2 aliphatic rings. The molecule has 1 fully saturated rings. The highest BCUT2D eigenvalue weighted by Gasteiger charge is 2.57. The lowest BCUT2D eigenvalue weighted by atomic mass is 9.83. The Balaban J connectivity index is 1.87. The lowest BCUT2D eigenvalue weighted by Crippen LogP contribution is -2.61. The third-order valence-electron chi connectivity index (χ3n) is 5.46. The SMILES string of the molecule is CC(O)C1C(=O)N2C(C(=O)OCOC(=O)C(C)(C)C)=C(c3cc(C(=O)N(C)C)cs3)CC12. The van der Waals surface area contributed by atoms with E-state index in [1.54, 1.807) is 53.2 Å². The van der Waals surface area contributed by atoms with E-state index in [-0.39, 0.29) is 23.6 Å². The van der Waals surface area contributed by atoms with Gasteiger partial charge in [0, 0.05) is 29.9 Å². The van der Waals surface area contributed by atoms with Crippen molar-refractivity contribution in [2.75, 3.05) is 20.9 Å². The molecule has 10 heteroatoms. The zero-order valence-electron chi connectivity index (χ0n) is 19.0. The Morgan fingerprint density at radius 1 is 1.28 bits per heavy atom. The van der Waals surface area contributed by atoms with Gasteiger partial charge in [-0.1, -0.05) is 0 Å². The Hall–Kier alpha value is -2.72. The molecule has 1 saturated heterocycles. The number of rotatable bonds is 6. The molecule has 0 radical (unpaired) electrons. The summed E-state index contributed by atoms with van der Waals surface area (Å²) in [5.41, 5.74) is 0.359. The number of esters is 2. The largest absolute Gasteiger partial charge is 0.427 e. The Bertz CT molecular complexity index is 987. The van der Waals surface area contributed by atoms with E-state index >= 15 is 0 Å². The summed E-state index contributed by atoms with van der Waals surface area (Å²) in [6, 6.07) is 1.32. The average molecular weight is 465 g/mol. The Morgan fingerprint density at radius 3 is 2.50 bits per heavy atom. The minimum atomic E-state index is -0.859. The van der Waals surface area contributed by atoms with Crippen LogP contribution in [0.15, 0.2) is 17.1 Å². The number of amides is 2. The molecule has 3 atom stereocenters. The number of carbonyl (C=O) groups is 4. The molecule has 0 aliphatic carbocycles. The van der Waals surface area contributed by atoms with Crippen LogP contribution in [0, 0.1) is 11.3 Å². The average Bonchev–Trinajstić information content (AvgIpc) is 3.28. The first kappa shape index (κ1) is 23.9. The molecule has 32 heavy (non-hydrogen) atoms. The molecule has 0 spiro atoms. The van der Waals surface area contributed by atoms with E-state index in [0.29, 0.717) is 22.4 Å². The van der Waals surface area contributed by atoms with Crippen molar-refractivity contribution in [3.8, 4) is 0 Å². The molecule has 1 aromatic heterocycles. The normalized spacial score (nSPS) is 21.1. The lowest BCUT2D eigenvalue weighted by molar-refractivity contribution is -0.175. The maximum Gasteiger partial charge on any atom is 0.358 e. The standard InChI is InChI=1S/C22H28N2O7S/c1-11(25)16-14-8-13(15-7-12(9-32-15)18(26)23(5)6)17(24(14)19(16)27)20(28)30-10-31-21(29)22(2,3)4/h7,9,11,14,16,25H,8,10H2,1-6H3. The van der Waals surface area contributed by atoms with Crippen molar-refractivity contribution >= 4 is 40.7 Å². The lowest BCUT2D eigenvalue weighted by Gasteiger charge is -2.44. The fraction of sp³-hybridized carbons (Fsp3) is 0.545. The maximum absolute atomic E-state index is 12.9. The zero-order chi connectivity index (χ0) is 24.0. The second-order valence-corrected chi connectivity index (χ2v) is 10.1. The maximum atomic E-state index is 12.9. The van der Waals surface area contributed by atoms with Crippen LogP contribution in [-0.2, 0) is 23.9 Å². The van der Waals surface area contributed by atoms with Crippen LogP contribution in [0.3, 0.4) is 0 Å². The minimum Gasteiger partial charge on any atom is -0.427 e. The van der Waals surface area contributed by atoms with Crippen molar-refractivity contribution in [1.29, 1.82) is 0 Å². The number of fused-ring (bicyclic) bond motifs is 1. The highest BCUT2D eigenvalue weighted by atomic mass is 32.1. The van der Waals surface area contributed by atoms with Crippen molar-refractivity contribution in [3.63, 3.8) is 0 Å². The van der Waals surface area contributed by atoms with Crippen molar-refractivity contribution in [2.45, 2.75) is 46.3 Å². The second-order valence-electron chi connectivity index (χ2n) is 9.20. The highest BCUT2D eigenvalue weighted by Crippen LogP contribution is 2.48. The number of nitrogens with zero attached hydrogens (tertiary/aromatic N) is 2. The number of aliphatic hydroxyl groups excluding tert-OH is 1. The number of aliphatic hydroxyl groups is 1. The van der Waals surface area contributed by atoms with Gasteiger partial charge in [0.2, 0.25) is 12.7 Å². The molecular formula is C22H28N2O7S. The van der Waals surface area contributed by atoms with Gasteiger partial charge in [0.25, 0.3) is 5.91 Å². The van der Waals surface area contributed by atoms with Crippen molar-refractivity contribution in [2.24, 2.45) is 11.3 Å². The summed E-state index contributed by atoms with van der Waals surface area (Å²) in [6.45, 7) is 6.00. The highest BCUT2D eigenvalue weighted by molar-refractivity contribution is 7.11. The van der Waals surface area contributed by atoms with Gasteiger partial charge in [-0.05, 0) is 40.2 Å². The summed E-state index contributed by atoms with van der Waals surface area (Å²) < 4.78 is 10.2. The molecular weight excluding hydrogens is 436 g/mol. The van der Waals surface area contributed by atoms with Crippen molar-refractivity contribution in [1.82, 2.24) is 9.80 Å². The van der Waals surface area contributed by atoms with E-state index in [9.17, 15) is 24.3 Å². The Kier molecular flexibility index (Phi) is 6.48. The summed E-state index contributed by atoms with van der Waals surface area (Å²) in [6.07, 6.45) is -0.508. The van der Waals surface area contributed by atoms with Crippen LogP contribution in [0.25, 0.3) is 5.57 Å². The second kappa shape index (κ2) is 8.67. The van der Waals surface area contributed by atoms with Crippen LogP contribution in [-0.4, -0.2) is 71.7 Å². The van der Waals surface area contributed by atoms with Gasteiger partial charge in [-0.3, -0.25) is 14.4 Å². The summed E-state index contributed by atoms with van der Waals surface area (Å²) in [7, 11) is 3.29. The quantitative estimate of drug-likeness (QED) is 0.388. The fourth-order valence-corrected chi connectivity index (χ4v) is 4.71. The summed E-state index contributed by atoms with van der Waals surface area (Å²) in [5, 5.41) is 11.7. The van der Waals surface area contributed by atoms with Gasteiger partial charge < -0.3 is 24.4 Å². The molecule has 174 valence electrons. The number of thiophene rings is 1. The van der Waals surface area contributed by atoms with Crippen LogP contribution in [0.4, 0.5) is 0 Å². The van der Waals surface area contributed by atoms with E-state index in [4.69, 9.17) is 9.47 Å². The predicted octanol–water partition coefficient (Wildman–Crippen LogP) is 1.86. The first-order valence-corrected chi connectivity index (χ1v) is 11.1. The van der Waals surface area contributed by atoms with Gasteiger partial charge in [0.1, 0.15) is 5.70 Å². The van der Waals surface area contributed by atoms with Crippen LogP contribution < -0.4 is 0 Å². The monoisotopic (exact) mass is 464 g/mol. The van der Waals surface area contributed by atoms with Gasteiger partial charge in [-0.25, -0.2) is 4.79 Å². The molecule has 0 bridgehead atoms. The molecule has 9 nitrogen and oxygen atoms in total. The third-order valence-corrected chi connectivity index (χ3v) is 6.45. The van der Waals surface area contributed by atoms with E-state index in [2.05, 4.69) is 0 Å². The summed E-state index contributed by atoms with van der Waals surface area (Å²) in [4.78, 5) is 53.3. The Morgan fingerprint density at radius 2 is 1.94 bits per heavy atom. The van der Waals surface area contributed by atoms with E-state index in [1.807, 2.05) is 0 Å².